The van der Waals surface area contributed by atoms with Crippen molar-refractivity contribution in [2.24, 2.45) is 5.92 Å². The maximum Gasteiger partial charge on any atom is 0.270 e. The van der Waals surface area contributed by atoms with Gasteiger partial charge in [0.2, 0.25) is 5.91 Å². The highest BCUT2D eigenvalue weighted by Gasteiger charge is 2.28. The van der Waals surface area contributed by atoms with Crippen molar-refractivity contribution < 1.29 is 18.9 Å². The number of nitrogens with one attached hydrogen (secondary N) is 2. The Balaban J connectivity index is 1.69. The van der Waals surface area contributed by atoms with Crippen molar-refractivity contribution in [1.29, 1.82) is 0 Å². The molecule has 158 valence electrons. The number of carbonyl (C=O) groups is 2. The van der Waals surface area contributed by atoms with Crippen LogP contribution in [-0.4, -0.2) is 36.9 Å². The Bertz CT molecular complexity index is 993. The third-order valence-electron chi connectivity index (χ3n) is 5.06. The second kappa shape index (κ2) is 9.08. The molecule has 0 aromatic heterocycles. The lowest BCUT2D eigenvalue weighted by atomic mass is 9.94. The number of nitrogens with zero attached hydrogens (tertiary/aromatic N) is 2. The molecule has 10 heteroatoms. The highest BCUT2D eigenvalue weighted by atomic mass is 35.5. The summed E-state index contributed by atoms with van der Waals surface area (Å²) in [6.07, 6.45) is 1.07. The second-order valence-electron chi connectivity index (χ2n) is 6.92. The number of hydrogen-bond donors (Lipinski definition) is 2. The number of rotatable bonds is 5. The summed E-state index contributed by atoms with van der Waals surface area (Å²) >= 11 is 5.75. The van der Waals surface area contributed by atoms with Crippen molar-refractivity contribution in [3.05, 3.63) is 62.9 Å². The predicted molar refractivity (Wildman–Crippen MR) is 111 cm³/mol. The molecule has 3 rings (SSSR count). The van der Waals surface area contributed by atoms with Crippen LogP contribution in [0.15, 0.2) is 36.4 Å². The molecule has 0 spiro atoms. The maximum absolute atomic E-state index is 13.3. The first-order valence-electron chi connectivity index (χ1n) is 9.31. The van der Waals surface area contributed by atoms with Crippen LogP contribution >= 0.6 is 11.6 Å². The molecule has 0 radical (unpaired) electrons. The molecule has 30 heavy (non-hydrogen) atoms. The summed E-state index contributed by atoms with van der Waals surface area (Å²) in [6.45, 7) is 1.01. The van der Waals surface area contributed by atoms with E-state index in [9.17, 15) is 24.1 Å². The van der Waals surface area contributed by atoms with Crippen molar-refractivity contribution in [3.63, 3.8) is 0 Å². The highest BCUT2D eigenvalue weighted by molar-refractivity contribution is 6.31. The van der Waals surface area contributed by atoms with E-state index in [1.807, 2.05) is 4.90 Å². The number of hydrogen-bond acceptors (Lipinski definition) is 5. The Labute approximate surface area is 177 Å². The molecule has 8 nitrogen and oxygen atoms in total. The summed E-state index contributed by atoms with van der Waals surface area (Å²) in [7, 11) is 1.46. The van der Waals surface area contributed by atoms with Crippen LogP contribution in [-0.2, 0) is 4.79 Å². The molecular formula is C20H20ClFN4O4. The molecule has 2 amide bonds. The van der Waals surface area contributed by atoms with Gasteiger partial charge in [-0.05, 0) is 37.1 Å². The van der Waals surface area contributed by atoms with Crippen LogP contribution in [0.1, 0.15) is 23.2 Å². The number of halogens is 2. The average molecular weight is 435 g/mol. The number of nitro benzene ring substituents is 1. The molecule has 1 fully saturated rings. The Morgan fingerprint density at radius 2 is 1.90 bits per heavy atom. The van der Waals surface area contributed by atoms with E-state index in [0.29, 0.717) is 37.3 Å². The van der Waals surface area contributed by atoms with Crippen LogP contribution < -0.4 is 15.5 Å². The van der Waals surface area contributed by atoms with Gasteiger partial charge in [0, 0.05) is 43.9 Å². The summed E-state index contributed by atoms with van der Waals surface area (Å²) in [4.78, 5) is 37.2. The Morgan fingerprint density at radius 3 is 2.50 bits per heavy atom. The summed E-state index contributed by atoms with van der Waals surface area (Å²) in [5.74, 6) is -1.42. The summed E-state index contributed by atoms with van der Waals surface area (Å²) < 4.78 is 13.3. The van der Waals surface area contributed by atoms with Crippen molar-refractivity contribution in [2.75, 3.05) is 30.4 Å². The van der Waals surface area contributed by atoms with Gasteiger partial charge in [0.1, 0.15) is 5.82 Å². The number of nitro groups is 1. The van der Waals surface area contributed by atoms with E-state index in [4.69, 9.17) is 11.6 Å². The van der Waals surface area contributed by atoms with E-state index in [2.05, 4.69) is 10.6 Å². The molecule has 2 aromatic rings. The molecule has 0 aliphatic carbocycles. The first-order chi connectivity index (χ1) is 14.3. The second-order valence-corrected chi connectivity index (χ2v) is 7.32. The van der Waals surface area contributed by atoms with Crippen molar-refractivity contribution in [3.8, 4) is 0 Å². The van der Waals surface area contributed by atoms with Gasteiger partial charge in [-0.25, -0.2) is 4.39 Å². The van der Waals surface area contributed by atoms with Crippen molar-refractivity contribution in [2.45, 2.75) is 12.8 Å². The molecular weight excluding hydrogens is 415 g/mol. The van der Waals surface area contributed by atoms with Gasteiger partial charge in [0.05, 0.1) is 21.2 Å². The van der Waals surface area contributed by atoms with Gasteiger partial charge in [-0.2, -0.15) is 0 Å². The van der Waals surface area contributed by atoms with E-state index < -0.39 is 16.6 Å². The lowest BCUT2D eigenvalue weighted by Gasteiger charge is -2.34. The van der Waals surface area contributed by atoms with Crippen LogP contribution in [0.2, 0.25) is 5.02 Å². The summed E-state index contributed by atoms with van der Waals surface area (Å²) in [5, 5.41) is 16.2. The van der Waals surface area contributed by atoms with Gasteiger partial charge < -0.3 is 15.5 Å². The SMILES string of the molecule is CNC(=O)c1cc([N+](=O)[O-])ccc1N1CCC(C(=O)Nc2ccc(F)c(Cl)c2)CC1. The first-order valence-corrected chi connectivity index (χ1v) is 9.69. The van der Waals surface area contributed by atoms with Gasteiger partial charge in [0.25, 0.3) is 11.6 Å². The summed E-state index contributed by atoms with van der Waals surface area (Å²) in [5.41, 5.74) is 1.07. The fraction of sp³-hybridized carbons (Fsp3) is 0.300. The van der Waals surface area contributed by atoms with Gasteiger partial charge >= 0.3 is 0 Å². The molecule has 1 aliphatic heterocycles. The molecule has 2 aromatic carbocycles. The highest BCUT2D eigenvalue weighted by Crippen LogP contribution is 2.30. The minimum absolute atomic E-state index is 0.0671. The van der Waals surface area contributed by atoms with Gasteiger partial charge in [0.15, 0.2) is 0 Å². The van der Waals surface area contributed by atoms with Gasteiger partial charge in [-0.3, -0.25) is 19.7 Å². The van der Waals surface area contributed by atoms with Crippen molar-refractivity contribution >= 4 is 40.5 Å². The largest absolute Gasteiger partial charge is 0.371 e. The van der Waals surface area contributed by atoms with E-state index in [-0.39, 0.29) is 28.1 Å². The number of benzene rings is 2. The minimum Gasteiger partial charge on any atom is -0.371 e. The zero-order valence-electron chi connectivity index (χ0n) is 16.2. The zero-order valence-corrected chi connectivity index (χ0v) is 16.9. The minimum atomic E-state index is -0.557. The fourth-order valence-electron chi connectivity index (χ4n) is 3.43. The molecule has 0 bridgehead atoms. The summed E-state index contributed by atoms with van der Waals surface area (Å²) in [6, 6.07) is 8.17. The fourth-order valence-corrected chi connectivity index (χ4v) is 3.61. The van der Waals surface area contributed by atoms with Crippen molar-refractivity contribution in [1.82, 2.24) is 5.32 Å². The van der Waals surface area contributed by atoms with Crippen LogP contribution in [0.3, 0.4) is 0 Å². The normalized spacial score (nSPS) is 14.3. The quantitative estimate of drug-likeness (QED) is 0.552. The molecule has 0 atom stereocenters. The standard InChI is InChI=1S/C20H20ClFN4O4/c1-23-20(28)15-11-14(26(29)30)3-5-18(15)25-8-6-12(7-9-25)19(27)24-13-2-4-17(22)16(21)10-13/h2-5,10-12H,6-9H2,1H3,(H,23,28)(H,24,27). The van der Waals surface area contributed by atoms with Gasteiger partial charge in [-0.1, -0.05) is 11.6 Å². The molecule has 1 aliphatic rings. The Hall–Kier alpha value is -3.20. The molecule has 0 saturated carbocycles. The van der Waals surface area contributed by atoms with E-state index >= 15 is 0 Å². The number of amides is 2. The van der Waals surface area contributed by atoms with Crippen LogP contribution in [0, 0.1) is 21.8 Å². The van der Waals surface area contributed by atoms with E-state index in [1.165, 1.54) is 37.4 Å². The molecule has 1 heterocycles. The third-order valence-corrected chi connectivity index (χ3v) is 5.35. The maximum atomic E-state index is 13.3. The molecule has 2 N–H and O–H groups in total. The van der Waals surface area contributed by atoms with Crippen LogP contribution in [0.5, 0.6) is 0 Å². The first kappa shape index (κ1) is 21.5. The molecule has 1 saturated heterocycles. The van der Waals surface area contributed by atoms with Gasteiger partial charge in [-0.15, -0.1) is 0 Å². The lowest BCUT2D eigenvalue weighted by molar-refractivity contribution is -0.384. The van der Waals surface area contributed by atoms with Crippen LogP contribution in [0.4, 0.5) is 21.5 Å². The van der Waals surface area contributed by atoms with E-state index in [1.54, 1.807) is 6.07 Å². The number of non-ortho nitro benzene ring substituents is 1. The average Bonchev–Trinajstić information content (AvgIpc) is 2.75. The predicted octanol–water partition coefficient (Wildman–Crippen LogP) is 3.60. The number of carbonyl (C=O) groups excluding carboxylic acids is 2. The monoisotopic (exact) mass is 434 g/mol. The third kappa shape index (κ3) is 4.68. The van der Waals surface area contributed by atoms with Crippen LogP contribution in [0.25, 0.3) is 0 Å². The molecule has 0 unspecified atom stereocenters. The zero-order chi connectivity index (χ0) is 21.8. The van der Waals surface area contributed by atoms with E-state index in [0.717, 1.165) is 0 Å². The number of anilines is 2. The Kier molecular flexibility index (Phi) is 6.51. The topological polar surface area (TPSA) is 105 Å². The smallest absolute Gasteiger partial charge is 0.270 e. The lowest BCUT2D eigenvalue weighted by Crippen LogP contribution is -2.39. The Morgan fingerprint density at radius 1 is 1.20 bits per heavy atom. The number of piperidine rings is 1.